The molecule has 176 valence electrons. The monoisotopic (exact) mass is 484 g/mol. The van der Waals surface area contributed by atoms with E-state index in [4.69, 9.17) is 4.98 Å². The summed E-state index contributed by atoms with van der Waals surface area (Å²) in [7, 11) is 0. The van der Waals surface area contributed by atoms with Crippen LogP contribution in [-0.2, 0) is 0 Å². The molecule has 4 heterocycles. The molecule has 1 unspecified atom stereocenters. The van der Waals surface area contributed by atoms with Gasteiger partial charge in [0.05, 0.1) is 22.4 Å². The van der Waals surface area contributed by atoms with Crippen molar-refractivity contribution in [3.63, 3.8) is 0 Å². The van der Waals surface area contributed by atoms with Gasteiger partial charge >= 0.3 is 0 Å². The van der Waals surface area contributed by atoms with Gasteiger partial charge in [-0.3, -0.25) is 4.79 Å². The number of anilines is 2. The molecule has 1 amide bonds. The molecule has 7 nitrogen and oxygen atoms in total. The quantitative estimate of drug-likeness (QED) is 0.539. The van der Waals surface area contributed by atoms with Crippen LogP contribution in [0.25, 0.3) is 0 Å². The fourth-order valence-electron chi connectivity index (χ4n) is 4.17. The normalized spacial score (nSPS) is 19.5. The number of hydrazone groups is 1. The maximum Gasteiger partial charge on any atom is 0.275 e. The third-order valence-electron chi connectivity index (χ3n) is 6.03. The van der Waals surface area contributed by atoms with Gasteiger partial charge in [0.25, 0.3) is 5.91 Å². The van der Waals surface area contributed by atoms with Crippen LogP contribution >= 0.6 is 23.1 Å². The number of amides is 1. The van der Waals surface area contributed by atoms with Crippen molar-refractivity contribution in [3.05, 3.63) is 46.6 Å². The maximum absolute atomic E-state index is 13.0. The van der Waals surface area contributed by atoms with Crippen molar-refractivity contribution in [1.29, 1.82) is 0 Å². The van der Waals surface area contributed by atoms with E-state index >= 15 is 0 Å². The molecule has 4 rings (SSSR count). The number of thioether (sulfide) groups is 1. The minimum absolute atomic E-state index is 0.0525. The van der Waals surface area contributed by atoms with Gasteiger partial charge in [0.2, 0.25) is 0 Å². The van der Waals surface area contributed by atoms with Gasteiger partial charge < -0.3 is 10.2 Å². The topological polar surface area (TPSA) is 73.7 Å². The van der Waals surface area contributed by atoms with Gasteiger partial charge in [0.1, 0.15) is 5.69 Å². The molecule has 0 saturated carbocycles. The lowest BCUT2D eigenvalue weighted by Crippen LogP contribution is -2.33. The van der Waals surface area contributed by atoms with Crippen LogP contribution in [0.15, 0.2) is 41.0 Å². The first-order valence-electron chi connectivity index (χ1n) is 11.5. The van der Waals surface area contributed by atoms with E-state index < -0.39 is 0 Å². The summed E-state index contributed by atoms with van der Waals surface area (Å²) in [5, 5.41) is 12.4. The summed E-state index contributed by atoms with van der Waals surface area (Å²) in [6.07, 6.45) is 11.4. The third kappa shape index (κ3) is 6.02. The second kappa shape index (κ2) is 11.3. The molecule has 0 aromatic carbocycles. The molecule has 1 fully saturated rings. The number of nitrogens with one attached hydrogen (secondary N) is 1. The van der Waals surface area contributed by atoms with Crippen molar-refractivity contribution in [1.82, 2.24) is 14.9 Å². The standard InChI is InChI=1S/C24H32N6OS2/c1-17-7-8-18(2)30(28-17)22-20(6-4-11-25-22)26-23(31)21-16-33-24(27-21)19-9-13-29(14-10-19)12-5-15-32-3/h4,6-8,11,16,18-19H,5,9-10,12-15H2,1-3H3,(H,26,31). The van der Waals surface area contributed by atoms with E-state index in [1.54, 1.807) is 17.5 Å². The molecule has 1 saturated heterocycles. The summed E-state index contributed by atoms with van der Waals surface area (Å²) in [5.41, 5.74) is 2.00. The van der Waals surface area contributed by atoms with Gasteiger partial charge in [-0.2, -0.15) is 16.9 Å². The highest BCUT2D eigenvalue weighted by molar-refractivity contribution is 7.98. The first kappa shape index (κ1) is 23.9. The number of allylic oxidation sites excluding steroid dienone is 1. The zero-order chi connectivity index (χ0) is 23.2. The van der Waals surface area contributed by atoms with Crippen molar-refractivity contribution < 1.29 is 4.79 Å². The molecular formula is C24H32N6OS2. The van der Waals surface area contributed by atoms with E-state index in [1.807, 2.05) is 54.2 Å². The molecule has 2 aliphatic rings. The summed E-state index contributed by atoms with van der Waals surface area (Å²) in [5.74, 6) is 2.09. The molecule has 9 heteroatoms. The zero-order valence-electron chi connectivity index (χ0n) is 19.5. The minimum Gasteiger partial charge on any atom is -0.317 e. The van der Waals surface area contributed by atoms with Crippen LogP contribution in [0.5, 0.6) is 0 Å². The fraction of sp³-hybridized carbons (Fsp3) is 0.500. The summed E-state index contributed by atoms with van der Waals surface area (Å²) >= 11 is 3.51. The van der Waals surface area contributed by atoms with Crippen LogP contribution < -0.4 is 10.3 Å². The molecule has 0 bridgehead atoms. The van der Waals surface area contributed by atoms with Crippen molar-refractivity contribution in [2.45, 2.75) is 45.1 Å². The molecule has 2 aromatic rings. The smallest absolute Gasteiger partial charge is 0.275 e. The number of nitrogens with zero attached hydrogens (tertiary/aromatic N) is 5. The van der Waals surface area contributed by atoms with Crippen LogP contribution in [-0.4, -0.2) is 64.2 Å². The lowest BCUT2D eigenvalue weighted by molar-refractivity contribution is 0.102. The maximum atomic E-state index is 13.0. The van der Waals surface area contributed by atoms with E-state index in [1.165, 1.54) is 18.7 Å². The lowest BCUT2D eigenvalue weighted by atomic mass is 9.97. The Morgan fingerprint density at radius 1 is 1.33 bits per heavy atom. The number of likely N-dealkylation sites (tertiary alicyclic amines) is 1. The van der Waals surface area contributed by atoms with Crippen LogP contribution in [0, 0.1) is 0 Å². The van der Waals surface area contributed by atoms with Crippen LogP contribution in [0.4, 0.5) is 11.5 Å². The molecule has 33 heavy (non-hydrogen) atoms. The lowest BCUT2D eigenvalue weighted by Gasteiger charge is -2.30. The number of piperidine rings is 1. The van der Waals surface area contributed by atoms with Gasteiger partial charge in [-0.25, -0.2) is 15.0 Å². The van der Waals surface area contributed by atoms with Gasteiger partial charge in [-0.1, -0.05) is 6.08 Å². The number of hydrogen-bond donors (Lipinski definition) is 1. The van der Waals surface area contributed by atoms with E-state index in [9.17, 15) is 4.79 Å². The molecule has 0 radical (unpaired) electrons. The Labute approximate surface area is 204 Å². The number of thiazole rings is 1. The van der Waals surface area contributed by atoms with Crippen molar-refractivity contribution in [2.75, 3.05) is 42.0 Å². The highest BCUT2D eigenvalue weighted by atomic mass is 32.2. The predicted molar refractivity (Wildman–Crippen MR) is 140 cm³/mol. The van der Waals surface area contributed by atoms with Crippen LogP contribution in [0.3, 0.4) is 0 Å². The van der Waals surface area contributed by atoms with Gasteiger partial charge in [0, 0.05) is 17.5 Å². The highest BCUT2D eigenvalue weighted by Crippen LogP contribution is 2.31. The number of rotatable bonds is 8. The average Bonchev–Trinajstić information content (AvgIpc) is 3.32. The molecule has 0 aliphatic carbocycles. The number of carbonyl (C=O) groups is 1. The summed E-state index contributed by atoms with van der Waals surface area (Å²) < 4.78 is 0. The summed E-state index contributed by atoms with van der Waals surface area (Å²) in [4.78, 5) is 24.8. The molecule has 0 spiro atoms. The van der Waals surface area contributed by atoms with E-state index in [0.29, 0.717) is 23.1 Å². The zero-order valence-corrected chi connectivity index (χ0v) is 21.2. The first-order valence-corrected chi connectivity index (χ1v) is 13.8. The van der Waals surface area contributed by atoms with Crippen molar-refractivity contribution in [3.8, 4) is 0 Å². The minimum atomic E-state index is -0.206. The molecule has 2 aromatic heterocycles. The van der Waals surface area contributed by atoms with E-state index in [-0.39, 0.29) is 11.9 Å². The largest absolute Gasteiger partial charge is 0.317 e. The Hall–Kier alpha value is -2.23. The van der Waals surface area contributed by atoms with Crippen LogP contribution in [0.2, 0.25) is 0 Å². The van der Waals surface area contributed by atoms with Crippen molar-refractivity contribution in [2.24, 2.45) is 5.10 Å². The Morgan fingerprint density at radius 3 is 2.94 bits per heavy atom. The predicted octanol–water partition coefficient (Wildman–Crippen LogP) is 4.86. The Morgan fingerprint density at radius 2 is 2.15 bits per heavy atom. The Bertz CT molecular complexity index is 1010. The van der Waals surface area contributed by atoms with E-state index in [0.717, 1.165) is 36.7 Å². The first-order chi connectivity index (χ1) is 16.0. The third-order valence-corrected chi connectivity index (χ3v) is 7.74. The number of aromatic nitrogens is 2. The second-order valence-corrected chi connectivity index (χ2v) is 10.4. The molecule has 1 atom stereocenters. The summed E-state index contributed by atoms with van der Waals surface area (Å²) in [6.45, 7) is 7.40. The van der Waals surface area contributed by atoms with Crippen molar-refractivity contribution >= 4 is 46.2 Å². The Kier molecular flexibility index (Phi) is 8.16. The van der Waals surface area contributed by atoms with Gasteiger partial charge in [-0.15, -0.1) is 11.3 Å². The molecule has 1 N–H and O–H groups in total. The van der Waals surface area contributed by atoms with Gasteiger partial charge in [-0.05, 0) is 83.0 Å². The molecular weight excluding hydrogens is 452 g/mol. The van der Waals surface area contributed by atoms with Crippen LogP contribution in [0.1, 0.15) is 54.5 Å². The molecule has 2 aliphatic heterocycles. The Balaban J connectivity index is 1.39. The average molecular weight is 485 g/mol. The SMILES string of the molecule is CSCCCN1CCC(c2nc(C(=O)Nc3cccnc3N3N=C(C)C=CC3C)cs2)CC1. The number of carbonyl (C=O) groups excluding carboxylic acids is 1. The number of pyridine rings is 1. The number of hydrogen-bond acceptors (Lipinski definition) is 8. The van der Waals surface area contributed by atoms with Gasteiger partial charge in [0.15, 0.2) is 5.82 Å². The van der Waals surface area contributed by atoms with E-state index in [2.05, 4.69) is 32.6 Å². The second-order valence-electron chi connectivity index (χ2n) is 8.55. The summed E-state index contributed by atoms with van der Waals surface area (Å²) in [6, 6.07) is 3.73. The highest BCUT2D eigenvalue weighted by Gasteiger charge is 2.25. The fourth-order valence-corrected chi connectivity index (χ4v) is 5.56.